The lowest BCUT2D eigenvalue weighted by atomic mass is 10.1. The molecule has 0 aromatic heterocycles. The van der Waals surface area contributed by atoms with Crippen LogP contribution in [0.15, 0.2) is 24.3 Å². The summed E-state index contributed by atoms with van der Waals surface area (Å²) < 4.78 is 0. The fourth-order valence-corrected chi connectivity index (χ4v) is 1.40. The van der Waals surface area contributed by atoms with Crippen molar-refractivity contribution in [2.24, 2.45) is 0 Å². The molecule has 0 saturated heterocycles. The van der Waals surface area contributed by atoms with Gasteiger partial charge in [0.25, 0.3) is 0 Å². The van der Waals surface area contributed by atoms with Gasteiger partial charge in [0, 0.05) is 25.3 Å². The molecule has 0 aliphatic carbocycles. The van der Waals surface area contributed by atoms with E-state index in [2.05, 4.69) is 5.32 Å². The van der Waals surface area contributed by atoms with Crippen LogP contribution in [0.3, 0.4) is 0 Å². The molecule has 16 heavy (non-hydrogen) atoms. The summed E-state index contributed by atoms with van der Waals surface area (Å²) in [5.74, 6) is 0.0101. The van der Waals surface area contributed by atoms with Crippen molar-refractivity contribution in [2.75, 3.05) is 18.9 Å². The number of anilines is 1. The Morgan fingerprint density at radius 3 is 2.94 bits per heavy atom. The summed E-state index contributed by atoms with van der Waals surface area (Å²) in [5, 5.41) is 11.3. The highest BCUT2D eigenvalue weighted by Gasteiger charge is 2.01. The molecule has 0 atom stereocenters. The first kappa shape index (κ1) is 12.5. The zero-order valence-corrected chi connectivity index (χ0v) is 9.28. The Morgan fingerprint density at radius 1 is 1.44 bits per heavy atom. The van der Waals surface area contributed by atoms with Gasteiger partial charge in [-0.3, -0.25) is 4.79 Å². The molecular weight excluding hydrogens is 204 g/mol. The Labute approximate surface area is 95.5 Å². The number of nitrogens with two attached hydrogens (primary N) is 1. The maximum Gasteiger partial charge on any atom is 0.220 e. The van der Waals surface area contributed by atoms with Gasteiger partial charge < -0.3 is 16.2 Å². The Hall–Kier alpha value is -1.55. The van der Waals surface area contributed by atoms with E-state index in [0.717, 1.165) is 11.3 Å². The third-order valence-electron chi connectivity index (χ3n) is 2.25. The third-order valence-corrected chi connectivity index (χ3v) is 2.25. The molecule has 1 rings (SSSR count). The van der Waals surface area contributed by atoms with Crippen LogP contribution in [0.4, 0.5) is 5.69 Å². The van der Waals surface area contributed by atoms with Crippen molar-refractivity contribution in [3.63, 3.8) is 0 Å². The molecule has 4 heteroatoms. The number of nitrogens with one attached hydrogen (secondary N) is 1. The van der Waals surface area contributed by atoms with Crippen molar-refractivity contribution in [1.29, 1.82) is 0 Å². The van der Waals surface area contributed by atoms with Crippen molar-refractivity contribution in [2.45, 2.75) is 19.3 Å². The fraction of sp³-hybridized carbons (Fsp3) is 0.417. The molecule has 0 unspecified atom stereocenters. The van der Waals surface area contributed by atoms with Crippen molar-refractivity contribution >= 4 is 11.6 Å². The molecule has 1 aromatic carbocycles. The minimum atomic E-state index is 0.0101. The maximum atomic E-state index is 11.4. The van der Waals surface area contributed by atoms with E-state index in [1.165, 1.54) is 0 Å². The van der Waals surface area contributed by atoms with E-state index in [1.807, 2.05) is 24.3 Å². The molecule has 0 saturated carbocycles. The highest BCUT2D eigenvalue weighted by Crippen LogP contribution is 2.08. The molecule has 88 valence electrons. The van der Waals surface area contributed by atoms with Gasteiger partial charge in [0.15, 0.2) is 0 Å². The topological polar surface area (TPSA) is 75.4 Å². The lowest BCUT2D eigenvalue weighted by molar-refractivity contribution is -0.121. The first-order valence-corrected chi connectivity index (χ1v) is 5.44. The van der Waals surface area contributed by atoms with Crippen LogP contribution in [0.25, 0.3) is 0 Å². The van der Waals surface area contributed by atoms with Gasteiger partial charge >= 0.3 is 0 Å². The van der Waals surface area contributed by atoms with Gasteiger partial charge in [0.2, 0.25) is 5.91 Å². The van der Waals surface area contributed by atoms with Crippen molar-refractivity contribution in [3.8, 4) is 0 Å². The summed E-state index contributed by atoms with van der Waals surface area (Å²) in [6.07, 6.45) is 1.74. The Kier molecular flexibility index (Phi) is 5.36. The quantitative estimate of drug-likeness (QED) is 0.490. The number of aryl methyl sites for hydroxylation is 1. The van der Waals surface area contributed by atoms with Crippen LogP contribution in [0, 0.1) is 0 Å². The van der Waals surface area contributed by atoms with Gasteiger partial charge in [-0.25, -0.2) is 0 Å². The van der Waals surface area contributed by atoms with E-state index in [9.17, 15) is 4.79 Å². The number of nitrogen functional groups attached to an aromatic ring is 1. The smallest absolute Gasteiger partial charge is 0.220 e. The van der Waals surface area contributed by atoms with Crippen molar-refractivity contribution < 1.29 is 9.90 Å². The van der Waals surface area contributed by atoms with Gasteiger partial charge in [0.1, 0.15) is 0 Å². The van der Waals surface area contributed by atoms with E-state index >= 15 is 0 Å². The zero-order valence-electron chi connectivity index (χ0n) is 9.28. The zero-order chi connectivity index (χ0) is 11.8. The SMILES string of the molecule is Nc1cccc(CCC(=O)NCCCO)c1. The average Bonchev–Trinajstić information content (AvgIpc) is 2.27. The number of hydrogen-bond donors (Lipinski definition) is 3. The Balaban J connectivity index is 2.26. The Morgan fingerprint density at radius 2 is 2.25 bits per heavy atom. The molecule has 0 radical (unpaired) electrons. The van der Waals surface area contributed by atoms with Crippen molar-refractivity contribution in [1.82, 2.24) is 5.32 Å². The third kappa shape index (κ3) is 4.79. The molecule has 0 bridgehead atoms. The molecule has 0 heterocycles. The number of carbonyl (C=O) groups is 1. The largest absolute Gasteiger partial charge is 0.399 e. The molecular formula is C12H18N2O2. The van der Waals surface area contributed by atoms with Crippen LogP contribution < -0.4 is 11.1 Å². The first-order valence-electron chi connectivity index (χ1n) is 5.44. The second-order valence-corrected chi connectivity index (χ2v) is 3.67. The van der Waals surface area contributed by atoms with Crippen LogP contribution >= 0.6 is 0 Å². The average molecular weight is 222 g/mol. The van der Waals surface area contributed by atoms with Gasteiger partial charge in [-0.15, -0.1) is 0 Å². The van der Waals surface area contributed by atoms with Crippen molar-refractivity contribution in [3.05, 3.63) is 29.8 Å². The van der Waals surface area contributed by atoms with Crippen LogP contribution in [-0.4, -0.2) is 24.2 Å². The van der Waals surface area contributed by atoms with E-state index in [1.54, 1.807) is 0 Å². The number of benzene rings is 1. The Bertz CT molecular complexity index is 340. The number of amides is 1. The second-order valence-electron chi connectivity index (χ2n) is 3.67. The summed E-state index contributed by atoms with van der Waals surface area (Å²) in [5.41, 5.74) is 7.42. The molecule has 1 amide bonds. The van der Waals surface area contributed by atoms with Gasteiger partial charge in [-0.1, -0.05) is 12.1 Å². The molecule has 1 aromatic rings. The number of aliphatic hydroxyl groups excluding tert-OH is 1. The summed E-state index contributed by atoms with van der Waals surface area (Å²) >= 11 is 0. The van der Waals surface area contributed by atoms with Crippen LogP contribution in [0.2, 0.25) is 0 Å². The van der Waals surface area contributed by atoms with E-state index < -0.39 is 0 Å². The molecule has 4 N–H and O–H groups in total. The summed E-state index contributed by atoms with van der Waals surface area (Å²) in [6.45, 7) is 0.641. The minimum absolute atomic E-state index is 0.0101. The van der Waals surface area contributed by atoms with Gasteiger partial charge in [-0.2, -0.15) is 0 Å². The summed E-state index contributed by atoms with van der Waals surface area (Å²) in [7, 11) is 0. The maximum absolute atomic E-state index is 11.4. The number of carbonyl (C=O) groups excluding carboxylic acids is 1. The monoisotopic (exact) mass is 222 g/mol. The van der Waals surface area contributed by atoms with Crippen LogP contribution in [0.1, 0.15) is 18.4 Å². The van der Waals surface area contributed by atoms with E-state index in [-0.39, 0.29) is 12.5 Å². The normalized spacial score (nSPS) is 10.1. The van der Waals surface area contributed by atoms with Crippen LogP contribution in [0.5, 0.6) is 0 Å². The standard InChI is InChI=1S/C12H18N2O2/c13-11-4-1-3-10(9-11)5-6-12(16)14-7-2-8-15/h1,3-4,9,15H,2,5-8,13H2,(H,14,16). The highest BCUT2D eigenvalue weighted by atomic mass is 16.3. The number of aliphatic hydroxyl groups is 1. The molecule has 0 spiro atoms. The summed E-state index contributed by atoms with van der Waals surface area (Å²) in [4.78, 5) is 11.4. The lowest BCUT2D eigenvalue weighted by Gasteiger charge is -2.04. The fourth-order valence-electron chi connectivity index (χ4n) is 1.40. The second kappa shape index (κ2) is 6.85. The van der Waals surface area contributed by atoms with Gasteiger partial charge in [0.05, 0.1) is 0 Å². The predicted molar refractivity (Wildman–Crippen MR) is 63.9 cm³/mol. The van der Waals surface area contributed by atoms with Crippen LogP contribution in [-0.2, 0) is 11.2 Å². The van der Waals surface area contributed by atoms with E-state index in [4.69, 9.17) is 10.8 Å². The first-order chi connectivity index (χ1) is 7.72. The van der Waals surface area contributed by atoms with Gasteiger partial charge in [-0.05, 0) is 30.5 Å². The molecule has 4 nitrogen and oxygen atoms in total. The number of rotatable bonds is 6. The summed E-state index contributed by atoms with van der Waals surface area (Å²) in [6, 6.07) is 7.54. The molecule has 0 fully saturated rings. The molecule has 0 aliphatic heterocycles. The van der Waals surface area contributed by atoms with E-state index in [0.29, 0.717) is 25.8 Å². The number of hydrogen-bond acceptors (Lipinski definition) is 3. The highest BCUT2D eigenvalue weighted by molar-refractivity contribution is 5.76. The lowest BCUT2D eigenvalue weighted by Crippen LogP contribution is -2.25. The molecule has 0 aliphatic rings. The minimum Gasteiger partial charge on any atom is -0.399 e. The predicted octanol–water partition coefficient (Wildman–Crippen LogP) is 0.700.